The number of guanidine groups is 1. The topological polar surface area (TPSA) is 61.8 Å². The quantitative estimate of drug-likeness (QED) is 0.303. The molecule has 0 aliphatic carbocycles. The second-order valence-electron chi connectivity index (χ2n) is 7.40. The summed E-state index contributed by atoms with van der Waals surface area (Å²) in [4.78, 5) is 11.2. The van der Waals surface area contributed by atoms with E-state index in [1.165, 1.54) is 24.1 Å². The van der Waals surface area contributed by atoms with E-state index in [2.05, 4.69) is 63.6 Å². The van der Waals surface area contributed by atoms with Crippen molar-refractivity contribution in [2.24, 2.45) is 4.99 Å². The van der Waals surface area contributed by atoms with E-state index in [9.17, 15) is 0 Å². The van der Waals surface area contributed by atoms with Gasteiger partial charge in [-0.2, -0.15) is 0 Å². The average Bonchev–Trinajstić information content (AvgIpc) is 3.30. The standard InChI is InChI=1S/C23H33N5O.HI/c1-4-15-29-22-20(10-8-12-25-22)17-26-23(24-3)27-18(2)19-9-7-11-21(16-19)28-13-5-6-14-28;/h7-12,16,18H,4-6,13-15,17H2,1-3H3,(H2,24,26,27);1H. The van der Waals surface area contributed by atoms with Gasteiger partial charge in [0.15, 0.2) is 5.96 Å². The van der Waals surface area contributed by atoms with Crippen molar-refractivity contribution in [1.82, 2.24) is 15.6 Å². The molecule has 1 atom stereocenters. The van der Waals surface area contributed by atoms with Crippen LogP contribution >= 0.6 is 24.0 Å². The molecule has 3 rings (SSSR count). The van der Waals surface area contributed by atoms with Crippen LogP contribution < -0.4 is 20.3 Å². The van der Waals surface area contributed by atoms with Crippen molar-refractivity contribution in [3.05, 3.63) is 53.7 Å². The zero-order chi connectivity index (χ0) is 20.5. The molecule has 1 aromatic carbocycles. The summed E-state index contributed by atoms with van der Waals surface area (Å²) in [7, 11) is 1.79. The first-order chi connectivity index (χ1) is 14.2. The average molecular weight is 523 g/mol. The van der Waals surface area contributed by atoms with E-state index in [0.29, 0.717) is 19.0 Å². The highest BCUT2D eigenvalue weighted by Crippen LogP contribution is 2.24. The fraction of sp³-hybridized carbons (Fsp3) is 0.478. The van der Waals surface area contributed by atoms with Crippen LogP contribution in [0.4, 0.5) is 5.69 Å². The third-order valence-electron chi connectivity index (χ3n) is 5.16. The van der Waals surface area contributed by atoms with Gasteiger partial charge in [0.25, 0.3) is 0 Å². The molecular formula is C23H34IN5O. The number of nitrogens with zero attached hydrogens (tertiary/aromatic N) is 3. The highest BCUT2D eigenvalue weighted by molar-refractivity contribution is 14.0. The maximum Gasteiger partial charge on any atom is 0.218 e. The molecule has 7 heteroatoms. The summed E-state index contributed by atoms with van der Waals surface area (Å²) < 4.78 is 5.75. The van der Waals surface area contributed by atoms with Crippen LogP contribution in [0.2, 0.25) is 0 Å². The first-order valence-electron chi connectivity index (χ1n) is 10.6. The van der Waals surface area contributed by atoms with Crippen LogP contribution in [0.25, 0.3) is 0 Å². The monoisotopic (exact) mass is 523 g/mol. The Labute approximate surface area is 197 Å². The fourth-order valence-corrected chi connectivity index (χ4v) is 3.52. The van der Waals surface area contributed by atoms with Crippen molar-refractivity contribution in [3.8, 4) is 5.88 Å². The lowest BCUT2D eigenvalue weighted by molar-refractivity contribution is 0.301. The van der Waals surface area contributed by atoms with Gasteiger partial charge >= 0.3 is 0 Å². The number of rotatable bonds is 8. The van der Waals surface area contributed by atoms with Crippen LogP contribution in [0, 0.1) is 0 Å². The number of aromatic nitrogens is 1. The van der Waals surface area contributed by atoms with E-state index in [4.69, 9.17) is 4.74 Å². The highest BCUT2D eigenvalue weighted by atomic mass is 127. The van der Waals surface area contributed by atoms with Gasteiger partial charge in [-0.25, -0.2) is 4.98 Å². The number of ether oxygens (including phenoxy) is 1. The van der Waals surface area contributed by atoms with Gasteiger partial charge in [-0.05, 0) is 49.9 Å². The summed E-state index contributed by atoms with van der Waals surface area (Å²) in [5.74, 6) is 1.44. The Balaban J connectivity index is 0.00000320. The molecule has 0 radical (unpaired) electrons. The number of halogens is 1. The van der Waals surface area contributed by atoms with Gasteiger partial charge in [-0.15, -0.1) is 24.0 Å². The smallest absolute Gasteiger partial charge is 0.218 e. The Morgan fingerprint density at radius 3 is 2.77 bits per heavy atom. The van der Waals surface area contributed by atoms with E-state index < -0.39 is 0 Å². The van der Waals surface area contributed by atoms with E-state index >= 15 is 0 Å². The summed E-state index contributed by atoms with van der Waals surface area (Å²) in [6, 6.07) is 12.9. The summed E-state index contributed by atoms with van der Waals surface area (Å²) in [6.07, 6.45) is 5.29. The molecule has 2 aromatic rings. The van der Waals surface area contributed by atoms with Gasteiger partial charge in [0.05, 0.1) is 12.6 Å². The highest BCUT2D eigenvalue weighted by Gasteiger charge is 2.15. The molecule has 1 saturated heterocycles. The molecule has 2 heterocycles. The molecule has 2 N–H and O–H groups in total. The Hall–Kier alpha value is -2.03. The number of pyridine rings is 1. The van der Waals surface area contributed by atoms with Crippen LogP contribution in [0.5, 0.6) is 5.88 Å². The number of benzene rings is 1. The van der Waals surface area contributed by atoms with E-state index in [0.717, 1.165) is 31.0 Å². The molecular weight excluding hydrogens is 489 g/mol. The minimum Gasteiger partial charge on any atom is -0.477 e. The molecule has 0 amide bonds. The van der Waals surface area contributed by atoms with Gasteiger partial charge in [0, 0.05) is 44.1 Å². The fourth-order valence-electron chi connectivity index (χ4n) is 3.52. The Kier molecular flexibility index (Phi) is 10.2. The van der Waals surface area contributed by atoms with Crippen LogP contribution in [-0.2, 0) is 6.54 Å². The zero-order valence-electron chi connectivity index (χ0n) is 18.2. The normalized spacial score (nSPS) is 14.8. The summed E-state index contributed by atoms with van der Waals surface area (Å²) in [5, 5.41) is 6.87. The lowest BCUT2D eigenvalue weighted by atomic mass is 10.1. The molecule has 1 unspecified atom stereocenters. The van der Waals surface area contributed by atoms with Gasteiger partial charge in [0.1, 0.15) is 0 Å². The number of hydrogen-bond acceptors (Lipinski definition) is 4. The molecule has 1 fully saturated rings. The zero-order valence-corrected chi connectivity index (χ0v) is 20.6. The number of aliphatic imine (C=N–C) groups is 1. The molecule has 0 bridgehead atoms. The van der Waals surface area contributed by atoms with Crippen LogP contribution in [0.1, 0.15) is 50.3 Å². The van der Waals surface area contributed by atoms with Crippen molar-refractivity contribution in [2.75, 3.05) is 31.6 Å². The molecule has 164 valence electrons. The molecule has 1 aromatic heterocycles. The van der Waals surface area contributed by atoms with Crippen molar-refractivity contribution >= 4 is 35.6 Å². The maximum atomic E-state index is 5.75. The third-order valence-corrected chi connectivity index (χ3v) is 5.16. The molecule has 1 aliphatic rings. The lowest BCUT2D eigenvalue weighted by Crippen LogP contribution is -2.38. The van der Waals surface area contributed by atoms with E-state index in [-0.39, 0.29) is 30.0 Å². The minimum absolute atomic E-state index is 0. The number of anilines is 1. The third kappa shape index (κ3) is 6.75. The van der Waals surface area contributed by atoms with Crippen molar-refractivity contribution < 1.29 is 4.74 Å². The molecule has 1 aliphatic heterocycles. The Bertz CT molecular complexity index is 808. The summed E-state index contributed by atoms with van der Waals surface area (Å²) >= 11 is 0. The van der Waals surface area contributed by atoms with Gasteiger partial charge in [-0.3, -0.25) is 4.99 Å². The molecule has 0 saturated carbocycles. The predicted octanol–water partition coefficient (Wildman–Crippen LogP) is 4.51. The largest absolute Gasteiger partial charge is 0.477 e. The summed E-state index contributed by atoms with van der Waals surface area (Å²) in [5.41, 5.74) is 3.59. The van der Waals surface area contributed by atoms with E-state index in [1.807, 2.05) is 12.1 Å². The number of hydrogen-bond donors (Lipinski definition) is 2. The van der Waals surface area contributed by atoms with Crippen molar-refractivity contribution in [3.63, 3.8) is 0 Å². The minimum atomic E-state index is 0. The first-order valence-corrected chi connectivity index (χ1v) is 10.6. The lowest BCUT2D eigenvalue weighted by Gasteiger charge is -2.22. The van der Waals surface area contributed by atoms with Gasteiger partial charge in [0.2, 0.25) is 5.88 Å². The second-order valence-corrected chi connectivity index (χ2v) is 7.40. The first kappa shape index (κ1) is 24.2. The SMILES string of the molecule is CCCOc1ncccc1CNC(=NC)NC(C)c1cccc(N2CCCC2)c1.I. The van der Waals surface area contributed by atoms with Gasteiger partial charge < -0.3 is 20.3 Å². The van der Waals surface area contributed by atoms with Crippen LogP contribution in [0.15, 0.2) is 47.6 Å². The summed E-state index contributed by atoms with van der Waals surface area (Å²) in [6.45, 7) is 7.83. The molecule has 30 heavy (non-hydrogen) atoms. The number of nitrogens with one attached hydrogen (secondary N) is 2. The molecule has 6 nitrogen and oxygen atoms in total. The van der Waals surface area contributed by atoms with Crippen LogP contribution in [-0.4, -0.2) is 37.7 Å². The second kappa shape index (κ2) is 12.6. The Morgan fingerprint density at radius 1 is 1.23 bits per heavy atom. The Morgan fingerprint density at radius 2 is 2.03 bits per heavy atom. The van der Waals surface area contributed by atoms with E-state index in [1.54, 1.807) is 13.2 Å². The predicted molar refractivity (Wildman–Crippen MR) is 135 cm³/mol. The van der Waals surface area contributed by atoms with Gasteiger partial charge in [-0.1, -0.05) is 25.1 Å². The van der Waals surface area contributed by atoms with Crippen molar-refractivity contribution in [2.45, 2.75) is 45.7 Å². The molecule has 0 spiro atoms. The van der Waals surface area contributed by atoms with Crippen LogP contribution in [0.3, 0.4) is 0 Å². The van der Waals surface area contributed by atoms with Crippen molar-refractivity contribution in [1.29, 1.82) is 0 Å². The maximum absolute atomic E-state index is 5.75.